The Kier molecular flexibility index (Phi) is 3.62. The Balaban J connectivity index is 2.18. The predicted molar refractivity (Wildman–Crippen MR) is 68.1 cm³/mol. The number of carboxylic acids is 1. The van der Waals surface area contributed by atoms with E-state index in [2.05, 4.69) is 5.32 Å². The molecule has 1 aromatic carbocycles. The lowest BCUT2D eigenvalue weighted by Gasteiger charge is -2.21. The number of benzene rings is 1. The maximum Gasteiger partial charge on any atom is 0.320 e. The number of nitrogens with one attached hydrogen (secondary N) is 1. The van der Waals surface area contributed by atoms with Gasteiger partial charge in [0, 0.05) is 13.0 Å². The van der Waals surface area contributed by atoms with Gasteiger partial charge in [0.05, 0.1) is 5.75 Å². The van der Waals surface area contributed by atoms with Gasteiger partial charge in [-0.1, -0.05) is 30.3 Å². The van der Waals surface area contributed by atoms with Gasteiger partial charge in [-0.25, -0.2) is 8.42 Å². The first kappa shape index (κ1) is 14.0. The highest BCUT2D eigenvalue weighted by molar-refractivity contribution is 7.91. The Labute approximate surface area is 111 Å². The van der Waals surface area contributed by atoms with Crippen molar-refractivity contribution < 1.29 is 23.4 Å². The normalized spacial score (nSPS) is 27.3. The van der Waals surface area contributed by atoms with E-state index in [-0.39, 0.29) is 18.7 Å². The summed E-state index contributed by atoms with van der Waals surface area (Å²) in [4.78, 5) is 8.78. The molecule has 19 heavy (non-hydrogen) atoms. The van der Waals surface area contributed by atoms with Crippen molar-refractivity contribution in [3.05, 3.63) is 35.9 Å². The van der Waals surface area contributed by atoms with Crippen LogP contribution in [-0.2, 0) is 20.4 Å². The minimum atomic E-state index is -3.85. The summed E-state index contributed by atoms with van der Waals surface area (Å²) in [6, 6.07) is 7.46. The van der Waals surface area contributed by atoms with Crippen molar-refractivity contribution in [2.24, 2.45) is 0 Å². The van der Waals surface area contributed by atoms with Crippen LogP contribution >= 0.6 is 0 Å². The van der Waals surface area contributed by atoms with Gasteiger partial charge in [0.1, 0.15) is 6.04 Å². The summed E-state index contributed by atoms with van der Waals surface area (Å²) in [5, 5.41) is 21.5. The number of β-amino-alcohol motifs (C(OH)–C–C–N with tert-alkyl or cyclic N) is 1. The van der Waals surface area contributed by atoms with E-state index in [4.69, 9.17) is 5.11 Å². The van der Waals surface area contributed by atoms with Crippen molar-refractivity contribution in [2.45, 2.75) is 23.1 Å². The van der Waals surface area contributed by atoms with E-state index in [1.165, 1.54) is 0 Å². The zero-order chi connectivity index (χ0) is 14.1. The van der Waals surface area contributed by atoms with E-state index < -0.39 is 26.8 Å². The maximum absolute atomic E-state index is 12.2. The molecule has 1 aromatic rings. The Morgan fingerprint density at radius 1 is 1.37 bits per heavy atom. The molecule has 1 unspecified atom stereocenters. The Morgan fingerprint density at radius 3 is 2.53 bits per heavy atom. The number of aliphatic carboxylic acids is 1. The molecule has 3 N–H and O–H groups in total. The topological polar surface area (TPSA) is 104 Å². The summed E-state index contributed by atoms with van der Waals surface area (Å²) in [5.41, 5.74) is 0.565. The summed E-state index contributed by atoms with van der Waals surface area (Å²) in [7, 11) is -3.85. The summed E-state index contributed by atoms with van der Waals surface area (Å²) >= 11 is 0. The molecule has 0 saturated carbocycles. The lowest BCUT2D eigenvalue weighted by Crippen LogP contribution is -2.41. The number of sulfone groups is 1. The fraction of sp³-hybridized carbons (Fsp3) is 0.417. The van der Waals surface area contributed by atoms with Crippen LogP contribution in [-0.4, -0.2) is 42.1 Å². The minimum absolute atomic E-state index is 0.265. The van der Waals surface area contributed by atoms with Gasteiger partial charge in [0.15, 0.2) is 14.8 Å². The second-order valence-corrected chi connectivity index (χ2v) is 6.94. The van der Waals surface area contributed by atoms with E-state index in [1.807, 2.05) is 0 Å². The second-order valence-electron chi connectivity index (χ2n) is 4.67. The van der Waals surface area contributed by atoms with E-state index >= 15 is 0 Å². The molecular formula is C12H15NO5S. The average Bonchev–Trinajstić information content (AvgIpc) is 2.75. The number of hydrogen-bond acceptors (Lipinski definition) is 5. The molecule has 0 bridgehead atoms. The zero-order valence-corrected chi connectivity index (χ0v) is 10.9. The molecule has 0 radical (unpaired) electrons. The van der Waals surface area contributed by atoms with E-state index in [9.17, 15) is 18.3 Å². The van der Waals surface area contributed by atoms with Crippen LogP contribution in [0.25, 0.3) is 0 Å². The molecule has 0 aliphatic carbocycles. The van der Waals surface area contributed by atoms with Crippen molar-refractivity contribution in [1.82, 2.24) is 5.32 Å². The number of hydrogen-bond donors (Lipinski definition) is 3. The summed E-state index contributed by atoms with van der Waals surface area (Å²) in [6.07, 6.45) is -0.336. The van der Waals surface area contributed by atoms with Crippen molar-refractivity contribution >= 4 is 15.8 Å². The lowest BCUT2D eigenvalue weighted by molar-refractivity contribution is -0.139. The zero-order valence-electron chi connectivity index (χ0n) is 10.1. The molecule has 6 nitrogen and oxygen atoms in total. The highest BCUT2D eigenvalue weighted by Gasteiger charge is 2.49. The van der Waals surface area contributed by atoms with Crippen molar-refractivity contribution in [2.75, 3.05) is 6.54 Å². The molecule has 1 heterocycles. The summed E-state index contributed by atoms with van der Waals surface area (Å²) in [5.74, 6) is -1.47. The Hall–Kier alpha value is -1.44. The molecule has 0 spiro atoms. The van der Waals surface area contributed by atoms with Crippen molar-refractivity contribution in [1.29, 1.82) is 0 Å². The minimum Gasteiger partial charge on any atom is -0.480 e. The van der Waals surface area contributed by atoms with Gasteiger partial charge in [-0.2, -0.15) is 0 Å². The Morgan fingerprint density at radius 2 is 2.00 bits per heavy atom. The van der Waals surface area contributed by atoms with Gasteiger partial charge in [-0.3, -0.25) is 4.79 Å². The van der Waals surface area contributed by atoms with Gasteiger partial charge in [-0.05, 0) is 5.56 Å². The van der Waals surface area contributed by atoms with Crippen LogP contribution in [0.2, 0.25) is 0 Å². The van der Waals surface area contributed by atoms with Crippen LogP contribution in [0.15, 0.2) is 30.3 Å². The first-order valence-electron chi connectivity index (χ1n) is 5.79. The van der Waals surface area contributed by atoms with Crippen LogP contribution in [0.1, 0.15) is 12.0 Å². The van der Waals surface area contributed by atoms with Gasteiger partial charge in [-0.15, -0.1) is 0 Å². The third-order valence-corrected chi connectivity index (χ3v) is 5.41. The highest BCUT2D eigenvalue weighted by atomic mass is 32.2. The molecular weight excluding hydrogens is 270 g/mol. The Bertz CT molecular complexity index is 571. The third kappa shape index (κ3) is 2.78. The molecule has 104 valence electrons. The predicted octanol–water partition coefficient (Wildman–Crippen LogP) is -0.264. The van der Waals surface area contributed by atoms with Crippen LogP contribution in [0, 0.1) is 0 Å². The quantitative estimate of drug-likeness (QED) is 0.704. The number of aliphatic hydroxyl groups is 1. The van der Waals surface area contributed by atoms with Gasteiger partial charge in [0.2, 0.25) is 0 Å². The summed E-state index contributed by atoms with van der Waals surface area (Å²) in [6.45, 7) is -0.265. The fourth-order valence-corrected chi connectivity index (χ4v) is 3.71. The molecule has 0 aromatic heterocycles. The van der Waals surface area contributed by atoms with E-state index in [0.29, 0.717) is 5.56 Å². The monoisotopic (exact) mass is 285 g/mol. The molecule has 1 fully saturated rings. The average molecular weight is 285 g/mol. The first-order chi connectivity index (χ1) is 8.84. The van der Waals surface area contributed by atoms with E-state index in [1.54, 1.807) is 30.3 Å². The maximum atomic E-state index is 12.2. The standard InChI is InChI=1S/C12H15NO5S/c14-11(15)10-6-12(16,8-13-10)19(17,18)7-9-4-2-1-3-5-9/h1-5,10,13,16H,6-8H2,(H,14,15)/t10-,12?/m1/s1. The summed E-state index contributed by atoms with van der Waals surface area (Å²) < 4.78 is 24.4. The lowest BCUT2D eigenvalue weighted by atomic mass is 10.2. The smallest absolute Gasteiger partial charge is 0.320 e. The number of carboxylic acid groups (broad SMARTS) is 1. The van der Waals surface area contributed by atoms with E-state index in [0.717, 1.165) is 0 Å². The van der Waals surface area contributed by atoms with Crippen LogP contribution in [0.3, 0.4) is 0 Å². The van der Waals surface area contributed by atoms with Crippen molar-refractivity contribution in [3.8, 4) is 0 Å². The van der Waals surface area contributed by atoms with Gasteiger partial charge in [0.25, 0.3) is 0 Å². The molecule has 7 heteroatoms. The third-order valence-electron chi connectivity index (χ3n) is 3.22. The number of carbonyl (C=O) groups is 1. The molecule has 2 rings (SSSR count). The second kappa shape index (κ2) is 4.92. The van der Waals surface area contributed by atoms with Gasteiger partial charge < -0.3 is 15.5 Å². The van der Waals surface area contributed by atoms with Crippen LogP contribution < -0.4 is 5.32 Å². The number of rotatable bonds is 4. The largest absolute Gasteiger partial charge is 0.480 e. The fourth-order valence-electron chi connectivity index (χ4n) is 2.09. The SMILES string of the molecule is O=C(O)[C@H]1CC(O)(S(=O)(=O)Cc2ccccc2)CN1. The van der Waals surface area contributed by atoms with Gasteiger partial charge >= 0.3 is 5.97 Å². The molecule has 2 atom stereocenters. The molecule has 0 amide bonds. The van der Waals surface area contributed by atoms with Crippen molar-refractivity contribution in [3.63, 3.8) is 0 Å². The first-order valence-corrected chi connectivity index (χ1v) is 7.44. The highest BCUT2D eigenvalue weighted by Crippen LogP contribution is 2.28. The van der Waals surface area contributed by atoms with Crippen LogP contribution in [0.5, 0.6) is 0 Å². The molecule has 1 aliphatic rings. The molecule has 1 saturated heterocycles. The van der Waals surface area contributed by atoms with Crippen LogP contribution in [0.4, 0.5) is 0 Å². The molecule has 1 aliphatic heterocycles.